The van der Waals surface area contributed by atoms with E-state index in [4.69, 9.17) is 11.5 Å². The minimum atomic E-state index is -5.11. The monoisotopic (exact) mass is 471 g/mol. The molecule has 0 fully saturated rings. The molecule has 0 unspecified atom stereocenters. The van der Waals surface area contributed by atoms with Crippen molar-refractivity contribution in [1.29, 1.82) is 0 Å². The van der Waals surface area contributed by atoms with E-state index in [1.54, 1.807) is 0 Å². The zero-order valence-corrected chi connectivity index (χ0v) is 16.0. The van der Waals surface area contributed by atoms with Crippen molar-refractivity contribution in [3.63, 3.8) is 0 Å². The standard InChI is InChI=1S/C18H11F6N7O2/c19-17(20,21)10-1-8(2-11(3-10)18(22,23)24)15-29-16(14(26)33)31(30-15)6-12(13(25)32)9-4-27-7-28-5-9/h1-7H,(H2,25,32)(H2,26,33)/b12-6+. The van der Waals surface area contributed by atoms with E-state index in [0.717, 1.165) is 12.5 Å². The normalized spacial score (nSPS) is 12.6. The third-order valence-electron chi connectivity index (χ3n) is 4.09. The van der Waals surface area contributed by atoms with Gasteiger partial charge in [-0.05, 0) is 18.2 Å². The highest BCUT2D eigenvalue weighted by Gasteiger charge is 2.37. The summed E-state index contributed by atoms with van der Waals surface area (Å²) in [4.78, 5) is 34.7. The van der Waals surface area contributed by atoms with Crippen LogP contribution in [0.1, 0.15) is 27.3 Å². The van der Waals surface area contributed by atoms with Crippen LogP contribution in [0.4, 0.5) is 26.3 Å². The molecule has 2 aromatic heterocycles. The lowest BCUT2D eigenvalue weighted by Gasteiger charge is -2.13. The Kier molecular flexibility index (Phi) is 5.90. The molecule has 172 valence electrons. The second-order valence-electron chi connectivity index (χ2n) is 6.40. The summed E-state index contributed by atoms with van der Waals surface area (Å²) in [6, 6.07) is 0.683. The van der Waals surface area contributed by atoms with E-state index in [0.29, 0.717) is 16.8 Å². The van der Waals surface area contributed by atoms with Gasteiger partial charge < -0.3 is 11.5 Å². The molecule has 0 radical (unpaired) electrons. The molecule has 4 N–H and O–H groups in total. The van der Waals surface area contributed by atoms with Crippen molar-refractivity contribution in [2.24, 2.45) is 11.5 Å². The van der Waals surface area contributed by atoms with Gasteiger partial charge in [-0.25, -0.2) is 19.6 Å². The lowest BCUT2D eigenvalue weighted by Crippen LogP contribution is -2.18. The van der Waals surface area contributed by atoms with Crippen LogP contribution in [0.15, 0.2) is 36.9 Å². The smallest absolute Gasteiger partial charge is 0.366 e. The van der Waals surface area contributed by atoms with Crippen LogP contribution in [0.3, 0.4) is 0 Å². The Morgan fingerprint density at radius 3 is 1.91 bits per heavy atom. The number of carbonyl (C=O) groups excluding carboxylic acids is 2. The highest BCUT2D eigenvalue weighted by molar-refractivity contribution is 6.22. The molecule has 0 bridgehead atoms. The average molecular weight is 471 g/mol. The van der Waals surface area contributed by atoms with E-state index in [-0.39, 0.29) is 17.2 Å². The van der Waals surface area contributed by atoms with Crippen molar-refractivity contribution >= 4 is 23.6 Å². The van der Waals surface area contributed by atoms with Gasteiger partial charge in [0.1, 0.15) is 6.33 Å². The molecule has 0 aliphatic rings. The molecule has 3 aromatic rings. The first-order valence-corrected chi connectivity index (χ1v) is 8.60. The van der Waals surface area contributed by atoms with E-state index < -0.39 is 52.5 Å². The molecule has 2 amide bonds. The summed E-state index contributed by atoms with van der Waals surface area (Å²) < 4.78 is 79.5. The van der Waals surface area contributed by atoms with Crippen LogP contribution in [0, 0.1) is 0 Å². The number of carbonyl (C=O) groups is 2. The Hall–Kier alpha value is -4.30. The molecule has 0 aliphatic heterocycles. The highest BCUT2D eigenvalue weighted by Crippen LogP contribution is 2.38. The number of aromatic nitrogens is 5. The largest absolute Gasteiger partial charge is 0.416 e. The zero-order valence-electron chi connectivity index (χ0n) is 16.0. The first kappa shape index (κ1) is 23.4. The molecule has 1 aromatic carbocycles. The summed E-state index contributed by atoms with van der Waals surface area (Å²) in [5, 5.41) is 3.74. The number of halogens is 6. The molecule has 0 aliphatic carbocycles. The number of amides is 2. The summed E-state index contributed by atoms with van der Waals surface area (Å²) >= 11 is 0. The molecule has 2 heterocycles. The summed E-state index contributed by atoms with van der Waals surface area (Å²) in [5.74, 6) is -3.65. The minimum Gasteiger partial charge on any atom is -0.366 e. The van der Waals surface area contributed by atoms with Crippen LogP contribution < -0.4 is 11.5 Å². The van der Waals surface area contributed by atoms with Gasteiger partial charge in [0.2, 0.25) is 5.82 Å². The van der Waals surface area contributed by atoms with Crippen molar-refractivity contribution in [2.75, 3.05) is 0 Å². The van der Waals surface area contributed by atoms with Gasteiger partial charge in [0.05, 0.1) is 16.7 Å². The van der Waals surface area contributed by atoms with Crippen LogP contribution in [0.25, 0.3) is 23.2 Å². The predicted molar refractivity (Wildman–Crippen MR) is 99.4 cm³/mol. The summed E-state index contributed by atoms with van der Waals surface area (Å²) in [5.41, 5.74) is 6.37. The third kappa shape index (κ3) is 5.13. The number of nitrogens with two attached hydrogens (primary N) is 2. The van der Waals surface area contributed by atoms with Crippen LogP contribution in [0.2, 0.25) is 0 Å². The predicted octanol–water partition coefficient (Wildman–Crippen LogP) is 2.36. The second kappa shape index (κ2) is 8.33. The maximum absolute atomic E-state index is 13.2. The quantitative estimate of drug-likeness (QED) is 0.432. The van der Waals surface area contributed by atoms with E-state index in [1.165, 1.54) is 12.4 Å². The highest BCUT2D eigenvalue weighted by atomic mass is 19.4. The van der Waals surface area contributed by atoms with Crippen molar-refractivity contribution < 1.29 is 35.9 Å². The number of hydrogen-bond donors (Lipinski definition) is 2. The minimum absolute atomic E-state index is 0.0734. The molecule has 9 nitrogen and oxygen atoms in total. The topological polar surface area (TPSA) is 143 Å². The lowest BCUT2D eigenvalue weighted by atomic mass is 10.0. The summed E-state index contributed by atoms with van der Waals surface area (Å²) in [6.07, 6.45) is -5.83. The van der Waals surface area contributed by atoms with E-state index in [2.05, 4.69) is 20.1 Å². The molecular formula is C18H11F6N7O2. The van der Waals surface area contributed by atoms with Gasteiger partial charge in [-0.15, -0.1) is 5.10 Å². The number of hydrogen-bond acceptors (Lipinski definition) is 6. The third-order valence-corrected chi connectivity index (χ3v) is 4.09. The van der Waals surface area contributed by atoms with Gasteiger partial charge in [-0.2, -0.15) is 26.3 Å². The van der Waals surface area contributed by atoms with Crippen LogP contribution in [-0.4, -0.2) is 36.5 Å². The number of nitrogens with zero attached hydrogens (tertiary/aromatic N) is 5. The first-order chi connectivity index (χ1) is 15.3. The van der Waals surface area contributed by atoms with Gasteiger partial charge >= 0.3 is 12.4 Å². The summed E-state index contributed by atoms with van der Waals surface area (Å²) in [7, 11) is 0. The Bertz CT molecular complexity index is 1220. The Morgan fingerprint density at radius 1 is 0.909 bits per heavy atom. The fraction of sp³-hybridized carbons (Fsp3) is 0.111. The number of benzene rings is 1. The number of primary amides is 2. The molecule has 0 atom stereocenters. The summed E-state index contributed by atoms with van der Waals surface area (Å²) in [6.45, 7) is 0. The van der Waals surface area contributed by atoms with Crippen molar-refractivity contribution in [2.45, 2.75) is 12.4 Å². The molecule has 0 spiro atoms. The van der Waals surface area contributed by atoms with E-state index in [1.807, 2.05) is 0 Å². The molecule has 3 rings (SSSR count). The molecular weight excluding hydrogens is 460 g/mol. The SMILES string of the molecule is NC(=O)/C(=C/n1nc(-c2cc(C(F)(F)F)cc(C(F)(F)F)c2)nc1C(N)=O)c1cncnc1. The molecule has 0 saturated heterocycles. The van der Waals surface area contributed by atoms with Gasteiger partial charge in [-0.1, -0.05) is 0 Å². The Labute approximate surface area is 179 Å². The molecule has 15 heteroatoms. The Morgan fingerprint density at radius 2 is 1.45 bits per heavy atom. The van der Waals surface area contributed by atoms with Crippen LogP contribution in [0.5, 0.6) is 0 Å². The maximum atomic E-state index is 13.2. The van der Waals surface area contributed by atoms with Crippen molar-refractivity contribution in [3.05, 3.63) is 59.4 Å². The van der Waals surface area contributed by atoms with Crippen LogP contribution in [-0.2, 0) is 17.1 Å². The lowest BCUT2D eigenvalue weighted by molar-refractivity contribution is -0.143. The fourth-order valence-corrected chi connectivity index (χ4v) is 2.63. The fourth-order valence-electron chi connectivity index (χ4n) is 2.63. The first-order valence-electron chi connectivity index (χ1n) is 8.60. The second-order valence-corrected chi connectivity index (χ2v) is 6.40. The molecule has 33 heavy (non-hydrogen) atoms. The maximum Gasteiger partial charge on any atom is 0.416 e. The van der Waals surface area contributed by atoms with Crippen molar-refractivity contribution in [1.82, 2.24) is 24.7 Å². The number of alkyl halides is 6. The van der Waals surface area contributed by atoms with Gasteiger partial charge in [0.15, 0.2) is 5.82 Å². The van der Waals surface area contributed by atoms with Crippen LogP contribution >= 0.6 is 0 Å². The van der Waals surface area contributed by atoms with Gasteiger partial charge in [0, 0.05) is 29.7 Å². The van der Waals surface area contributed by atoms with E-state index in [9.17, 15) is 35.9 Å². The van der Waals surface area contributed by atoms with Crippen molar-refractivity contribution in [3.8, 4) is 11.4 Å². The van der Waals surface area contributed by atoms with Gasteiger partial charge in [-0.3, -0.25) is 9.59 Å². The van der Waals surface area contributed by atoms with Gasteiger partial charge in [0.25, 0.3) is 11.8 Å². The molecule has 0 saturated carbocycles. The Balaban J connectivity index is 2.23. The van der Waals surface area contributed by atoms with E-state index >= 15 is 0 Å². The number of rotatable bonds is 5. The average Bonchev–Trinajstić information content (AvgIpc) is 3.15. The zero-order chi connectivity index (χ0) is 24.6.